The van der Waals surface area contributed by atoms with Gasteiger partial charge in [0.1, 0.15) is 9.88 Å². The van der Waals surface area contributed by atoms with Gasteiger partial charge >= 0.3 is 0 Å². The van der Waals surface area contributed by atoms with Gasteiger partial charge in [0.2, 0.25) is 10.0 Å². The summed E-state index contributed by atoms with van der Waals surface area (Å²) in [5.74, 6) is -0.197. The maximum atomic E-state index is 12.6. The zero-order chi connectivity index (χ0) is 21.0. The zero-order valence-electron chi connectivity index (χ0n) is 16.5. The fraction of sp³-hybridized carbons (Fsp3) is 0.300. The van der Waals surface area contributed by atoms with E-state index in [9.17, 15) is 13.2 Å². The number of hydrogen-bond donors (Lipinski definition) is 1. The monoisotopic (exact) mass is 449 g/mol. The van der Waals surface area contributed by atoms with E-state index in [0.29, 0.717) is 18.0 Å². The van der Waals surface area contributed by atoms with Gasteiger partial charge in [-0.2, -0.15) is 4.31 Å². The molecule has 29 heavy (non-hydrogen) atoms. The molecule has 154 valence electrons. The third-order valence-corrected chi connectivity index (χ3v) is 8.63. The van der Waals surface area contributed by atoms with Crippen molar-refractivity contribution in [2.45, 2.75) is 31.7 Å². The normalized spacial score (nSPS) is 12.8. The van der Waals surface area contributed by atoms with E-state index >= 15 is 0 Å². The molecule has 6 nitrogen and oxygen atoms in total. The lowest BCUT2D eigenvalue weighted by atomic mass is 10.1. The number of carbonyl (C=O) groups excluding carboxylic acids is 1. The second-order valence-electron chi connectivity index (χ2n) is 6.36. The molecule has 0 aliphatic carbocycles. The Kier molecular flexibility index (Phi) is 6.84. The van der Waals surface area contributed by atoms with Crippen LogP contribution in [0.2, 0.25) is 0 Å². The Morgan fingerprint density at radius 2 is 1.86 bits per heavy atom. The van der Waals surface area contributed by atoms with Crippen molar-refractivity contribution in [3.05, 3.63) is 58.4 Å². The summed E-state index contributed by atoms with van der Waals surface area (Å²) >= 11 is 2.94. The summed E-state index contributed by atoms with van der Waals surface area (Å²) < 4.78 is 26.6. The molecule has 1 N–H and O–H groups in total. The maximum absolute atomic E-state index is 12.6. The van der Waals surface area contributed by atoms with Crippen LogP contribution >= 0.6 is 22.7 Å². The lowest BCUT2D eigenvalue weighted by Gasteiger charge is -2.19. The average Bonchev–Trinajstić information content (AvgIpc) is 3.40. The van der Waals surface area contributed by atoms with Crippen molar-refractivity contribution < 1.29 is 13.2 Å². The number of rotatable bonds is 8. The van der Waals surface area contributed by atoms with Crippen molar-refractivity contribution in [1.82, 2.24) is 14.6 Å². The second-order valence-corrected chi connectivity index (χ2v) is 10.3. The number of hydrogen-bond acceptors (Lipinski definition) is 6. The molecule has 0 aliphatic heterocycles. The minimum Gasteiger partial charge on any atom is -0.345 e. The zero-order valence-corrected chi connectivity index (χ0v) is 18.9. The van der Waals surface area contributed by atoms with E-state index in [1.54, 1.807) is 41.8 Å². The molecule has 0 saturated heterocycles. The van der Waals surface area contributed by atoms with Crippen LogP contribution in [0.3, 0.4) is 0 Å². The Hall–Kier alpha value is -2.07. The first kappa shape index (κ1) is 21.6. The number of aromatic nitrogens is 1. The van der Waals surface area contributed by atoms with Crippen LogP contribution in [0.25, 0.3) is 9.88 Å². The summed E-state index contributed by atoms with van der Waals surface area (Å²) in [5, 5.41) is 5.75. The quantitative estimate of drug-likeness (QED) is 0.553. The first-order chi connectivity index (χ1) is 13.9. The third kappa shape index (κ3) is 4.75. The highest BCUT2D eigenvalue weighted by molar-refractivity contribution is 7.89. The van der Waals surface area contributed by atoms with Gasteiger partial charge in [-0.1, -0.05) is 32.0 Å². The number of benzene rings is 1. The number of thiazole rings is 1. The summed E-state index contributed by atoms with van der Waals surface area (Å²) in [5.41, 5.74) is 0.833. The molecule has 0 aliphatic rings. The molecule has 0 fully saturated rings. The van der Waals surface area contributed by atoms with E-state index in [2.05, 4.69) is 10.3 Å². The van der Waals surface area contributed by atoms with E-state index in [1.807, 2.05) is 38.3 Å². The van der Waals surface area contributed by atoms with Crippen LogP contribution < -0.4 is 5.32 Å². The van der Waals surface area contributed by atoms with Gasteiger partial charge in [0.15, 0.2) is 0 Å². The molecule has 9 heteroatoms. The summed E-state index contributed by atoms with van der Waals surface area (Å²) in [6.07, 6.45) is 1.58. The molecule has 3 aromatic rings. The first-order valence-electron chi connectivity index (χ1n) is 9.27. The Labute approximate surface area is 179 Å². The summed E-state index contributed by atoms with van der Waals surface area (Å²) in [4.78, 5) is 18.7. The molecule has 3 rings (SSSR count). The van der Waals surface area contributed by atoms with Crippen LogP contribution in [-0.2, 0) is 10.0 Å². The predicted molar refractivity (Wildman–Crippen MR) is 118 cm³/mol. The maximum Gasteiger partial charge on any atom is 0.263 e. The van der Waals surface area contributed by atoms with Gasteiger partial charge in [-0.15, -0.1) is 22.7 Å². The molecule has 0 radical (unpaired) electrons. The van der Waals surface area contributed by atoms with Gasteiger partial charge in [-0.3, -0.25) is 4.79 Å². The molecule has 2 aromatic heterocycles. The number of nitrogens with one attached hydrogen (secondary N) is 1. The number of amides is 1. The highest BCUT2D eigenvalue weighted by atomic mass is 32.2. The Morgan fingerprint density at radius 1 is 1.17 bits per heavy atom. The van der Waals surface area contributed by atoms with Crippen molar-refractivity contribution in [2.75, 3.05) is 13.1 Å². The number of carbonyl (C=O) groups is 1. The molecular formula is C20H23N3O3S3. The first-order valence-corrected chi connectivity index (χ1v) is 12.4. The molecule has 1 amide bonds. The fourth-order valence-corrected chi connectivity index (χ4v) is 5.97. The second kappa shape index (κ2) is 9.17. The van der Waals surface area contributed by atoms with E-state index in [1.165, 1.54) is 15.6 Å². The molecule has 2 heterocycles. The minimum absolute atomic E-state index is 0.197. The molecule has 1 unspecified atom stereocenters. The number of sulfonamides is 1. The Bertz CT molecular complexity index is 1050. The van der Waals surface area contributed by atoms with Crippen LogP contribution in [0.1, 0.15) is 42.0 Å². The predicted octanol–water partition coefficient (Wildman–Crippen LogP) is 4.39. The Morgan fingerprint density at radius 3 is 2.45 bits per heavy atom. The highest BCUT2D eigenvalue weighted by Crippen LogP contribution is 2.29. The van der Waals surface area contributed by atoms with Gasteiger partial charge in [-0.25, -0.2) is 13.4 Å². The molecule has 1 aromatic carbocycles. The van der Waals surface area contributed by atoms with Gasteiger partial charge in [-0.05, 0) is 36.1 Å². The van der Waals surface area contributed by atoms with E-state index < -0.39 is 10.0 Å². The van der Waals surface area contributed by atoms with Gasteiger partial charge in [0.25, 0.3) is 5.91 Å². The van der Waals surface area contributed by atoms with Crippen LogP contribution in [0.4, 0.5) is 0 Å². The van der Waals surface area contributed by atoms with Crippen LogP contribution in [0.5, 0.6) is 0 Å². The van der Waals surface area contributed by atoms with Crippen LogP contribution in [0, 0.1) is 0 Å². The van der Waals surface area contributed by atoms with E-state index in [-0.39, 0.29) is 16.8 Å². The van der Waals surface area contributed by atoms with Crippen molar-refractivity contribution in [2.24, 2.45) is 0 Å². The van der Waals surface area contributed by atoms with Crippen LogP contribution in [-0.4, -0.2) is 36.7 Å². The minimum atomic E-state index is -3.49. The topological polar surface area (TPSA) is 79.4 Å². The summed E-state index contributed by atoms with van der Waals surface area (Å²) in [6.45, 7) is 6.35. The van der Waals surface area contributed by atoms with Crippen molar-refractivity contribution in [3.8, 4) is 9.88 Å². The average molecular weight is 450 g/mol. The standard InChI is InChI=1S/C20H23N3O3S3/c1-4-23(5-2)29(25,26)16-10-8-15(9-11-16)14(3)22-19(24)18-13-21-20(28-18)17-7-6-12-27-17/h6-14H,4-5H2,1-3H3,(H,22,24). The molecule has 0 bridgehead atoms. The van der Waals surface area contributed by atoms with Crippen molar-refractivity contribution in [3.63, 3.8) is 0 Å². The van der Waals surface area contributed by atoms with Crippen molar-refractivity contribution >= 4 is 38.6 Å². The highest BCUT2D eigenvalue weighted by Gasteiger charge is 2.22. The molecule has 0 spiro atoms. The Balaban J connectivity index is 1.69. The third-order valence-electron chi connectivity index (χ3n) is 4.53. The molecular weight excluding hydrogens is 426 g/mol. The number of thiophene rings is 1. The lowest BCUT2D eigenvalue weighted by molar-refractivity contribution is 0.0943. The van der Waals surface area contributed by atoms with E-state index in [0.717, 1.165) is 15.4 Å². The van der Waals surface area contributed by atoms with Gasteiger partial charge in [0.05, 0.1) is 22.0 Å². The molecule has 0 saturated carbocycles. The largest absolute Gasteiger partial charge is 0.345 e. The lowest BCUT2D eigenvalue weighted by Crippen LogP contribution is -2.30. The van der Waals surface area contributed by atoms with Gasteiger partial charge in [0, 0.05) is 13.1 Å². The van der Waals surface area contributed by atoms with Crippen molar-refractivity contribution in [1.29, 1.82) is 0 Å². The number of nitrogens with zero attached hydrogens (tertiary/aromatic N) is 2. The SMILES string of the molecule is CCN(CC)S(=O)(=O)c1ccc(C(C)NC(=O)c2cnc(-c3cccs3)s2)cc1. The molecule has 1 atom stereocenters. The van der Waals surface area contributed by atoms with Gasteiger partial charge < -0.3 is 5.32 Å². The smallest absolute Gasteiger partial charge is 0.263 e. The van der Waals surface area contributed by atoms with E-state index in [4.69, 9.17) is 0 Å². The summed E-state index contributed by atoms with van der Waals surface area (Å²) in [7, 11) is -3.49. The van der Waals surface area contributed by atoms with Crippen LogP contribution in [0.15, 0.2) is 52.9 Å². The fourth-order valence-electron chi connectivity index (χ4n) is 2.89. The summed E-state index contributed by atoms with van der Waals surface area (Å²) in [6, 6.07) is 10.3.